The predicted octanol–water partition coefficient (Wildman–Crippen LogP) is 4.00. The largest absolute Gasteiger partial charge is 0.309 e. The van der Waals surface area contributed by atoms with Gasteiger partial charge < -0.3 is 5.32 Å². The Morgan fingerprint density at radius 2 is 1.38 bits per heavy atom. The van der Waals surface area contributed by atoms with Gasteiger partial charge in [-0.3, -0.25) is 0 Å². The highest BCUT2D eigenvalue weighted by atomic mass is 19.2. The zero-order valence-electron chi connectivity index (χ0n) is 11.3. The van der Waals surface area contributed by atoms with E-state index in [4.69, 9.17) is 0 Å². The third kappa shape index (κ3) is 2.90. The summed E-state index contributed by atoms with van der Waals surface area (Å²) in [5, 5.41) is 2.68. The Labute approximate surface area is 118 Å². The molecule has 0 aliphatic carbocycles. The van der Waals surface area contributed by atoms with Crippen molar-refractivity contribution in [1.82, 2.24) is 5.32 Å². The maximum atomic E-state index is 13.9. The monoisotopic (exact) mass is 301 g/mol. The first-order chi connectivity index (χ1) is 9.85. The van der Waals surface area contributed by atoms with Crippen molar-refractivity contribution < 1.29 is 22.0 Å². The van der Waals surface area contributed by atoms with E-state index in [-0.39, 0.29) is 16.7 Å². The smallest absolute Gasteiger partial charge is 0.194 e. The van der Waals surface area contributed by atoms with Gasteiger partial charge in [0.1, 0.15) is 11.6 Å². The van der Waals surface area contributed by atoms with Crippen LogP contribution in [0.3, 0.4) is 0 Å². The molecule has 0 saturated carbocycles. The molecule has 0 fully saturated rings. The summed E-state index contributed by atoms with van der Waals surface area (Å²) in [5.41, 5.74) is 0.204. The molecule has 6 heteroatoms. The van der Waals surface area contributed by atoms with Crippen LogP contribution in [0.5, 0.6) is 0 Å². The fourth-order valence-electron chi connectivity index (χ4n) is 2.14. The number of rotatable bonds is 3. The van der Waals surface area contributed by atoms with Gasteiger partial charge in [-0.15, -0.1) is 0 Å². The molecular formula is C15H12F5N. The minimum Gasteiger partial charge on any atom is -0.309 e. The van der Waals surface area contributed by atoms with Crippen molar-refractivity contribution in [2.75, 3.05) is 7.05 Å². The molecule has 2 aromatic rings. The van der Waals surface area contributed by atoms with Crippen LogP contribution in [0, 0.1) is 36.0 Å². The standard InChI is InChI=1S/C15H12F5N/c1-7-3-9(11(17)6-10(7)16)15(21-2)8-4-12(18)14(20)13(19)5-8/h3-6,15,21H,1-2H3. The summed E-state index contributed by atoms with van der Waals surface area (Å²) >= 11 is 0. The van der Waals surface area contributed by atoms with Gasteiger partial charge in [0.05, 0.1) is 6.04 Å². The van der Waals surface area contributed by atoms with E-state index < -0.39 is 35.1 Å². The first-order valence-electron chi connectivity index (χ1n) is 6.12. The van der Waals surface area contributed by atoms with Crippen LogP contribution in [0.4, 0.5) is 22.0 Å². The zero-order chi connectivity index (χ0) is 15.7. The minimum absolute atomic E-state index is 0.00110. The molecule has 0 amide bonds. The highest BCUT2D eigenvalue weighted by Gasteiger charge is 2.21. The van der Waals surface area contributed by atoms with E-state index in [2.05, 4.69) is 5.32 Å². The van der Waals surface area contributed by atoms with Gasteiger partial charge in [0, 0.05) is 11.6 Å². The van der Waals surface area contributed by atoms with E-state index in [9.17, 15) is 22.0 Å². The predicted molar refractivity (Wildman–Crippen MR) is 68.3 cm³/mol. The van der Waals surface area contributed by atoms with Crippen LogP contribution in [-0.2, 0) is 0 Å². The van der Waals surface area contributed by atoms with Crippen LogP contribution in [0.2, 0.25) is 0 Å². The zero-order valence-corrected chi connectivity index (χ0v) is 11.3. The minimum atomic E-state index is -1.59. The van der Waals surface area contributed by atoms with E-state index in [1.807, 2.05) is 0 Å². The van der Waals surface area contributed by atoms with Gasteiger partial charge in [0.25, 0.3) is 0 Å². The number of halogens is 5. The average molecular weight is 301 g/mol. The summed E-state index contributed by atoms with van der Waals surface area (Å²) < 4.78 is 66.8. The Kier molecular flexibility index (Phi) is 4.27. The lowest BCUT2D eigenvalue weighted by Crippen LogP contribution is -2.20. The van der Waals surface area contributed by atoms with Crippen molar-refractivity contribution in [1.29, 1.82) is 0 Å². The Morgan fingerprint density at radius 3 is 1.90 bits per heavy atom. The van der Waals surface area contributed by atoms with Gasteiger partial charge in [0.15, 0.2) is 17.5 Å². The molecule has 1 unspecified atom stereocenters. The molecule has 1 N–H and O–H groups in total. The molecule has 112 valence electrons. The molecule has 2 aromatic carbocycles. The molecule has 21 heavy (non-hydrogen) atoms. The van der Waals surface area contributed by atoms with Crippen LogP contribution in [-0.4, -0.2) is 7.05 Å². The number of hydrogen-bond donors (Lipinski definition) is 1. The van der Waals surface area contributed by atoms with Gasteiger partial charge in [-0.2, -0.15) is 0 Å². The summed E-state index contributed by atoms with van der Waals surface area (Å²) in [6, 6.07) is 2.56. The Bertz CT molecular complexity index is 661. The Hall–Kier alpha value is -1.95. The molecule has 0 radical (unpaired) electrons. The highest BCUT2D eigenvalue weighted by molar-refractivity contribution is 5.36. The molecule has 1 nitrogen and oxygen atoms in total. The maximum absolute atomic E-state index is 13.9. The van der Waals surface area contributed by atoms with Crippen molar-refractivity contribution in [3.63, 3.8) is 0 Å². The van der Waals surface area contributed by atoms with Crippen LogP contribution in [0.15, 0.2) is 24.3 Å². The highest BCUT2D eigenvalue weighted by Crippen LogP contribution is 2.28. The lowest BCUT2D eigenvalue weighted by atomic mass is 9.96. The third-order valence-corrected chi connectivity index (χ3v) is 3.22. The fourth-order valence-corrected chi connectivity index (χ4v) is 2.14. The van der Waals surface area contributed by atoms with Crippen molar-refractivity contribution >= 4 is 0 Å². The lowest BCUT2D eigenvalue weighted by molar-refractivity contribution is 0.442. The van der Waals surface area contributed by atoms with Gasteiger partial charge in [-0.1, -0.05) is 0 Å². The topological polar surface area (TPSA) is 12.0 Å². The average Bonchev–Trinajstić information content (AvgIpc) is 2.42. The fraction of sp³-hybridized carbons (Fsp3) is 0.200. The van der Waals surface area contributed by atoms with Gasteiger partial charge in [0.2, 0.25) is 0 Å². The quantitative estimate of drug-likeness (QED) is 0.667. The molecule has 2 rings (SSSR count). The number of aryl methyl sites for hydroxylation is 1. The summed E-state index contributed by atoms with van der Waals surface area (Å²) in [7, 11) is 1.45. The second-order valence-electron chi connectivity index (χ2n) is 4.64. The van der Waals surface area contributed by atoms with Gasteiger partial charge in [-0.25, -0.2) is 22.0 Å². The molecule has 1 atom stereocenters. The molecule has 0 aliphatic rings. The molecule has 0 saturated heterocycles. The summed E-state index contributed by atoms with van der Waals surface area (Å²) in [6.07, 6.45) is 0. The first-order valence-corrected chi connectivity index (χ1v) is 6.12. The molecule has 0 bridgehead atoms. The Balaban J connectivity index is 2.57. The SMILES string of the molecule is CNC(c1cc(F)c(F)c(F)c1)c1cc(C)c(F)cc1F. The van der Waals surface area contributed by atoms with Gasteiger partial charge >= 0.3 is 0 Å². The number of nitrogens with one attached hydrogen (secondary N) is 1. The van der Waals surface area contributed by atoms with Gasteiger partial charge in [-0.05, 0) is 43.3 Å². The van der Waals surface area contributed by atoms with Crippen molar-refractivity contribution in [3.05, 3.63) is 70.0 Å². The second-order valence-corrected chi connectivity index (χ2v) is 4.64. The normalized spacial score (nSPS) is 12.5. The van der Waals surface area contributed by atoms with E-state index in [0.29, 0.717) is 6.07 Å². The Morgan fingerprint density at radius 1 is 0.810 bits per heavy atom. The van der Waals surface area contributed by atoms with Crippen molar-refractivity contribution in [2.24, 2.45) is 0 Å². The molecular weight excluding hydrogens is 289 g/mol. The van der Waals surface area contributed by atoms with E-state index in [1.165, 1.54) is 20.0 Å². The third-order valence-electron chi connectivity index (χ3n) is 3.22. The number of hydrogen-bond acceptors (Lipinski definition) is 1. The molecule has 0 spiro atoms. The lowest BCUT2D eigenvalue weighted by Gasteiger charge is -2.19. The van der Waals surface area contributed by atoms with Crippen LogP contribution < -0.4 is 5.32 Å². The summed E-state index contributed by atoms with van der Waals surface area (Å²) in [6.45, 7) is 1.44. The second kappa shape index (κ2) is 5.81. The van der Waals surface area contributed by atoms with Crippen molar-refractivity contribution in [2.45, 2.75) is 13.0 Å². The van der Waals surface area contributed by atoms with Crippen molar-refractivity contribution in [3.8, 4) is 0 Å². The van der Waals surface area contributed by atoms with E-state index in [0.717, 1.165) is 12.1 Å². The van der Waals surface area contributed by atoms with Crippen LogP contribution in [0.25, 0.3) is 0 Å². The van der Waals surface area contributed by atoms with E-state index >= 15 is 0 Å². The summed E-state index contributed by atoms with van der Waals surface area (Å²) in [5.74, 6) is -5.91. The van der Waals surface area contributed by atoms with Crippen LogP contribution in [0.1, 0.15) is 22.7 Å². The molecule has 0 aromatic heterocycles. The summed E-state index contributed by atoms with van der Waals surface area (Å²) in [4.78, 5) is 0. The van der Waals surface area contributed by atoms with Crippen LogP contribution >= 0.6 is 0 Å². The molecule has 0 heterocycles. The first kappa shape index (κ1) is 15.4. The molecule has 0 aliphatic heterocycles. The number of benzene rings is 2. The maximum Gasteiger partial charge on any atom is 0.194 e. The van der Waals surface area contributed by atoms with E-state index in [1.54, 1.807) is 0 Å².